The van der Waals surface area contributed by atoms with E-state index in [-0.39, 0.29) is 11.6 Å². The third kappa shape index (κ3) is 5.28. The molecule has 0 aliphatic carbocycles. The van der Waals surface area contributed by atoms with Crippen molar-refractivity contribution in [2.75, 3.05) is 6.61 Å². The molecule has 32 heavy (non-hydrogen) atoms. The second-order valence-corrected chi connectivity index (χ2v) is 14.7. The van der Waals surface area contributed by atoms with Crippen LogP contribution in [-0.2, 0) is 9.16 Å². The molecule has 0 amide bonds. The van der Waals surface area contributed by atoms with Crippen LogP contribution in [0.3, 0.4) is 0 Å². The Morgan fingerprint density at radius 2 is 1.94 bits per heavy atom. The van der Waals surface area contributed by atoms with Gasteiger partial charge in [-0.25, -0.2) is 9.53 Å². The fourth-order valence-corrected chi connectivity index (χ4v) is 4.41. The molecule has 1 fully saturated rings. The van der Waals surface area contributed by atoms with E-state index < -0.39 is 37.9 Å². The van der Waals surface area contributed by atoms with Crippen LogP contribution in [0.4, 0.5) is 0 Å². The summed E-state index contributed by atoms with van der Waals surface area (Å²) in [6.45, 7) is 12.6. The van der Waals surface area contributed by atoms with Gasteiger partial charge in [-0.15, -0.1) is 0 Å². The van der Waals surface area contributed by atoms with E-state index in [0.717, 1.165) is 10.3 Å². The van der Waals surface area contributed by atoms with Gasteiger partial charge in [0.1, 0.15) is 12.3 Å². The Morgan fingerprint density at radius 1 is 1.28 bits per heavy atom. The smallest absolute Gasteiger partial charge is 0.330 e. The standard InChI is InChI=1S/C23H33N3O5Si/c1-16-13-25(22(28)24-21(16)27)20-12-18(26(29)14-17-10-8-7-9-11-17)19(31-20)15-30-32(5,6)23(2,3)4/h7-11,13-14,18-20H,12,15H2,1-6H3,(H,24,27,28)/t18-,19?,20?/m1/s1. The van der Waals surface area contributed by atoms with Gasteiger partial charge in [0.25, 0.3) is 5.56 Å². The predicted molar refractivity (Wildman–Crippen MR) is 127 cm³/mol. The van der Waals surface area contributed by atoms with Crippen molar-refractivity contribution < 1.29 is 13.9 Å². The molecule has 1 aliphatic heterocycles. The second kappa shape index (κ2) is 9.17. The molecule has 0 spiro atoms. The monoisotopic (exact) mass is 459 g/mol. The summed E-state index contributed by atoms with van der Waals surface area (Å²) in [5.74, 6) is 0. The number of nitrogens with one attached hydrogen (secondary N) is 1. The SMILES string of the molecule is Cc1cn(C2C[C@@H]([N+]([O-])=Cc3ccccc3)C(CO[Si](C)(C)C(C)(C)C)O2)c(=O)[nH]c1=O. The van der Waals surface area contributed by atoms with Crippen molar-refractivity contribution in [1.82, 2.24) is 9.55 Å². The van der Waals surface area contributed by atoms with Crippen LogP contribution in [0.5, 0.6) is 0 Å². The first-order valence-electron chi connectivity index (χ1n) is 10.9. The number of aromatic amines is 1. The van der Waals surface area contributed by atoms with Crippen LogP contribution in [0.15, 0.2) is 46.1 Å². The van der Waals surface area contributed by atoms with Crippen LogP contribution >= 0.6 is 0 Å². The molecule has 0 saturated carbocycles. The first-order chi connectivity index (χ1) is 14.9. The van der Waals surface area contributed by atoms with Crippen molar-refractivity contribution in [3.05, 3.63) is 73.7 Å². The highest BCUT2D eigenvalue weighted by Gasteiger charge is 2.45. The van der Waals surface area contributed by atoms with Crippen molar-refractivity contribution in [3.63, 3.8) is 0 Å². The lowest BCUT2D eigenvalue weighted by Crippen LogP contribution is -2.45. The maximum absolute atomic E-state index is 13.1. The average molecular weight is 460 g/mol. The van der Waals surface area contributed by atoms with Crippen molar-refractivity contribution in [3.8, 4) is 0 Å². The maximum Gasteiger partial charge on any atom is 0.330 e. The summed E-state index contributed by atoms with van der Waals surface area (Å²) < 4.78 is 14.8. The van der Waals surface area contributed by atoms with E-state index in [9.17, 15) is 14.8 Å². The predicted octanol–water partition coefficient (Wildman–Crippen LogP) is 3.15. The molecule has 2 aromatic rings. The lowest BCUT2D eigenvalue weighted by molar-refractivity contribution is -0.502. The van der Waals surface area contributed by atoms with Gasteiger partial charge in [0.2, 0.25) is 0 Å². The zero-order valence-corrected chi connectivity index (χ0v) is 20.6. The molecule has 1 aliphatic rings. The third-order valence-corrected chi connectivity index (χ3v) is 11.0. The van der Waals surface area contributed by atoms with Crippen molar-refractivity contribution in [2.24, 2.45) is 0 Å². The molecule has 0 bridgehead atoms. The summed E-state index contributed by atoms with van der Waals surface area (Å²) in [7, 11) is -2.07. The lowest BCUT2D eigenvalue weighted by Gasteiger charge is -2.37. The fraction of sp³-hybridized carbons (Fsp3) is 0.522. The van der Waals surface area contributed by atoms with Gasteiger partial charge in [-0.2, -0.15) is 0 Å². The zero-order valence-electron chi connectivity index (χ0n) is 19.6. The van der Waals surface area contributed by atoms with Crippen LogP contribution < -0.4 is 11.2 Å². The van der Waals surface area contributed by atoms with Gasteiger partial charge in [0.15, 0.2) is 20.6 Å². The summed E-state index contributed by atoms with van der Waals surface area (Å²) in [5, 5.41) is 13.1. The maximum atomic E-state index is 13.1. The third-order valence-electron chi connectivity index (χ3n) is 6.48. The van der Waals surface area contributed by atoms with Gasteiger partial charge in [-0.05, 0) is 37.2 Å². The number of H-pyrrole nitrogens is 1. The Balaban J connectivity index is 1.90. The van der Waals surface area contributed by atoms with Gasteiger partial charge < -0.3 is 14.4 Å². The number of aryl methyl sites for hydroxylation is 1. The number of rotatable bonds is 6. The number of ether oxygens (including phenoxy) is 1. The van der Waals surface area contributed by atoms with Gasteiger partial charge in [-0.1, -0.05) is 39.0 Å². The molecule has 3 rings (SSSR count). The average Bonchev–Trinajstić information content (AvgIpc) is 3.13. The van der Waals surface area contributed by atoms with E-state index in [0.29, 0.717) is 12.0 Å². The molecular formula is C23H33N3O5Si. The number of hydrogen-bond donors (Lipinski definition) is 1. The molecule has 3 atom stereocenters. The van der Waals surface area contributed by atoms with E-state index in [4.69, 9.17) is 9.16 Å². The van der Waals surface area contributed by atoms with Gasteiger partial charge in [0, 0.05) is 17.3 Å². The molecular weight excluding hydrogens is 426 g/mol. The van der Waals surface area contributed by atoms with E-state index >= 15 is 0 Å². The van der Waals surface area contributed by atoms with E-state index in [2.05, 4.69) is 38.8 Å². The van der Waals surface area contributed by atoms with Gasteiger partial charge in [-0.3, -0.25) is 14.3 Å². The van der Waals surface area contributed by atoms with Crippen molar-refractivity contribution >= 4 is 14.5 Å². The van der Waals surface area contributed by atoms with Crippen LogP contribution in [-0.4, -0.2) is 47.6 Å². The van der Waals surface area contributed by atoms with Crippen LogP contribution in [0.2, 0.25) is 18.1 Å². The second-order valence-electron chi connectivity index (χ2n) is 9.88. The highest BCUT2D eigenvalue weighted by Crippen LogP contribution is 2.38. The normalized spacial score (nSPS) is 22.3. The molecule has 8 nitrogen and oxygen atoms in total. The Morgan fingerprint density at radius 3 is 2.56 bits per heavy atom. The van der Waals surface area contributed by atoms with Crippen LogP contribution in [0.25, 0.3) is 0 Å². The summed E-state index contributed by atoms with van der Waals surface area (Å²) >= 11 is 0. The van der Waals surface area contributed by atoms with Gasteiger partial charge in [0.05, 0.1) is 13.0 Å². The highest BCUT2D eigenvalue weighted by atomic mass is 28.4. The molecule has 0 radical (unpaired) electrons. The first kappa shape index (κ1) is 24.2. The molecule has 2 unspecified atom stereocenters. The van der Waals surface area contributed by atoms with E-state index in [1.54, 1.807) is 6.92 Å². The summed E-state index contributed by atoms with van der Waals surface area (Å²) in [4.78, 5) is 26.5. The fourth-order valence-electron chi connectivity index (χ4n) is 3.39. The minimum absolute atomic E-state index is 0.0147. The Hall–Kier alpha value is -2.49. The minimum atomic E-state index is -2.07. The summed E-state index contributed by atoms with van der Waals surface area (Å²) in [6, 6.07) is 8.80. The zero-order chi connectivity index (χ0) is 23.7. The quantitative estimate of drug-likeness (QED) is 0.235. The Labute approximate surface area is 189 Å². The molecule has 2 heterocycles. The lowest BCUT2D eigenvalue weighted by atomic mass is 10.1. The molecule has 1 aromatic heterocycles. The number of benzene rings is 1. The molecule has 1 N–H and O–H groups in total. The summed E-state index contributed by atoms with van der Waals surface area (Å²) in [6.07, 6.45) is 2.12. The Kier molecular flexibility index (Phi) is 6.92. The topological polar surface area (TPSA) is 99.4 Å². The molecule has 174 valence electrons. The Bertz CT molecular complexity index is 1090. The van der Waals surface area contributed by atoms with Crippen LogP contribution in [0.1, 0.15) is 44.5 Å². The van der Waals surface area contributed by atoms with Crippen molar-refractivity contribution in [1.29, 1.82) is 0 Å². The number of hydrogen-bond acceptors (Lipinski definition) is 5. The largest absolute Gasteiger partial charge is 0.624 e. The number of aromatic nitrogens is 2. The highest BCUT2D eigenvalue weighted by molar-refractivity contribution is 6.74. The number of hydroxylamine groups is 1. The minimum Gasteiger partial charge on any atom is -0.624 e. The van der Waals surface area contributed by atoms with Crippen molar-refractivity contribution in [2.45, 2.75) is 70.6 Å². The van der Waals surface area contributed by atoms with Crippen LogP contribution in [0, 0.1) is 12.1 Å². The summed E-state index contributed by atoms with van der Waals surface area (Å²) in [5.41, 5.74) is 0.203. The first-order valence-corrected chi connectivity index (χ1v) is 13.8. The van der Waals surface area contributed by atoms with E-state index in [1.807, 2.05) is 30.3 Å². The number of nitrogens with zero attached hydrogens (tertiary/aromatic N) is 2. The molecule has 1 aromatic carbocycles. The van der Waals surface area contributed by atoms with E-state index in [1.165, 1.54) is 17.0 Å². The molecule has 1 saturated heterocycles. The van der Waals surface area contributed by atoms with Gasteiger partial charge >= 0.3 is 5.69 Å². The molecule has 9 heteroatoms.